The zero-order valence-corrected chi connectivity index (χ0v) is 17.1. The highest BCUT2D eigenvalue weighted by Gasteiger charge is 2.30. The molecule has 1 fully saturated rings. The quantitative estimate of drug-likeness (QED) is 0.820. The van der Waals surface area contributed by atoms with E-state index < -0.39 is 15.7 Å². The molecule has 3 rings (SSSR count). The lowest BCUT2D eigenvalue weighted by Crippen LogP contribution is -2.28. The van der Waals surface area contributed by atoms with Gasteiger partial charge in [0.15, 0.2) is 0 Å². The number of pyridine rings is 1. The summed E-state index contributed by atoms with van der Waals surface area (Å²) in [6.07, 6.45) is 2.88. The number of carbonyl (C=O) groups excluding carboxylic acids is 1. The van der Waals surface area contributed by atoms with Crippen molar-refractivity contribution in [1.29, 1.82) is 0 Å². The largest absolute Gasteiger partial charge is 0.354 e. The number of nitrogens with one attached hydrogen (secondary N) is 1. The Labute approximate surface area is 158 Å². The Balaban J connectivity index is 2.12. The molecule has 2 aliphatic rings. The Morgan fingerprint density at radius 1 is 1.46 bits per heavy atom. The van der Waals surface area contributed by atoms with Crippen LogP contribution >= 0.6 is 0 Å². The van der Waals surface area contributed by atoms with Gasteiger partial charge < -0.3 is 10.2 Å². The minimum Gasteiger partial charge on any atom is -0.354 e. The average Bonchev–Trinajstić information content (AvgIpc) is 3.17. The smallest absolute Gasteiger partial charge is 0.252 e. The summed E-state index contributed by atoms with van der Waals surface area (Å²) in [6, 6.07) is 2.31. The van der Waals surface area contributed by atoms with E-state index in [1.54, 1.807) is 0 Å². The van der Waals surface area contributed by atoms with E-state index in [1.165, 1.54) is 0 Å². The molecular formula is C19H28N4O2S. The number of rotatable bonds is 4. The summed E-state index contributed by atoms with van der Waals surface area (Å²) in [5.41, 5.74) is 2.97. The van der Waals surface area contributed by atoms with Crippen LogP contribution in [0.25, 0.3) is 0 Å². The van der Waals surface area contributed by atoms with Gasteiger partial charge in [0.2, 0.25) is 0 Å². The van der Waals surface area contributed by atoms with E-state index in [9.17, 15) is 9.00 Å². The minimum absolute atomic E-state index is 0.0656. The average molecular weight is 377 g/mol. The molecule has 1 N–H and O–H groups in total. The zero-order chi connectivity index (χ0) is 19.1. The summed E-state index contributed by atoms with van der Waals surface area (Å²) in [7, 11) is -1.36. The fourth-order valence-electron chi connectivity index (χ4n) is 3.38. The Hall–Kier alpha value is -1.76. The third-order valence-electron chi connectivity index (χ3n) is 4.95. The lowest BCUT2D eigenvalue weighted by Gasteiger charge is -2.24. The Morgan fingerprint density at radius 2 is 2.19 bits per heavy atom. The first-order valence-corrected chi connectivity index (χ1v) is 10.4. The van der Waals surface area contributed by atoms with Gasteiger partial charge in [-0.25, -0.2) is 9.19 Å². The number of carbonyl (C=O) groups is 1. The molecule has 142 valence electrons. The van der Waals surface area contributed by atoms with E-state index in [0.29, 0.717) is 30.3 Å². The van der Waals surface area contributed by atoms with Gasteiger partial charge in [0.05, 0.1) is 21.7 Å². The first-order valence-electron chi connectivity index (χ1n) is 9.31. The molecule has 6 nitrogen and oxygen atoms in total. The third kappa shape index (κ3) is 3.54. The van der Waals surface area contributed by atoms with Crippen molar-refractivity contribution in [1.82, 2.24) is 10.3 Å². The molecule has 1 unspecified atom stereocenters. The molecule has 2 atom stereocenters. The van der Waals surface area contributed by atoms with Gasteiger partial charge in [-0.05, 0) is 53.0 Å². The molecule has 1 aromatic rings. The number of hydrogen-bond donors (Lipinski definition) is 1. The molecule has 2 aliphatic heterocycles. The highest BCUT2D eigenvalue weighted by Crippen LogP contribution is 2.30. The van der Waals surface area contributed by atoms with Crippen molar-refractivity contribution in [2.24, 2.45) is 4.40 Å². The standard InChI is InChI=1S/C19H28N4O2S/c1-6-15(22-26(25)19(3,4)5)17-14-11-20-18(24)13(14)10-16(21-17)23-9-7-8-12(23)2/h10,12H,6-9,11H2,1-5H3,(H,20,24)/b22-15+/t12-,26?/m1/s1. The predicted molar refractivity (Wildman–Crippen MR) is 106 cm³/mol. The Kier molecular flexibility index (Phi) is 5.19. The van der Waals surface area contributed by atoms with Crippen molar-refractivity contribution in [3.63, 3.8) is 0 Å². The first kappa shape index (κ1) is 19.0. The lowest BCUT2D eigenvalue weighted by atomic mass is 10.0. The SMILES string of the molecule is CC/C(=N\S(=O)C(C)(C)C)c1nc(N2CCC[C@H]2C)cc2c1CNC2=O. The van der Waals surface area contributed by atoms with Crippen LogP contribution < -0.4 is 10.2 Å². The number of anilines is 1. The van der Waals surface area contributed by atoms with Gasteiger partial charge in [-0.1, -0.05) is 6.92 Å². The highest BCUT2D eigenvalue weighted by atomic mass is 32.2. The summed E-state index contributed by atoms with van der Waals surface area (Å²) in [5, 5.41) is 2.89. The van der Waals surface area contributed by atoms with Crippen LogP contribution in [0, 0.1) is 0 Å². The van der Waals surface area contributed by atoms with Gasteiger partial charge in [0.25, 0.3) is 5.91 Å². The fourth-order valence-corrected chi connectivity index (χ4v) is 4.06. The van der Waals surface area contributed by atoms with Crippen LogP contribution in [-0.4, -0.2) is 38.1 Å². The number of aromatic nitrogens is 1. The van der Waals surface area contributed by atoms with Crippen LogP contribution in [0.5, 0.6) is 0 Å². The van der Waals surface area contributed by atoms with Gasteiger partial charge in [-0.3, -0.25) is 4.79 Å². The Bertz CT molecular complexity index is 782. The Morgan fingerprint density at radius 3 is 2.77 bits per heavy atom. The van der Waals surface area contributed by atoms with E-state index in [1.807, 2.05) is 33.8 Å². The number of amides is 1. The zero-order valence-electron chi connectivity index (χ0n) is 16.3. The number of hydrogen-bond acceptors (Lipinski definition) is 4. The van der Waals surface area contributed by atoms with Crippen molar-refractivity contribution in [3.8, 4) is 0 Å². The second kappa shape index (κ2) is 7.10. The normalized spacial score (nSPS) is 21.7. The molecule has 0 aliphatic carbocycles. The van der Waals surface area contributed by atoms with Crippen molar-refractivity contribution >= 4 is 28.4 Å². The highest BCUT2D eigenvalue weighted by molar-refractivity contribution is 7.85. The van der Waals surface area contributed by atoms with E-state index in [0.717, 1.165) is 36.5 Å². The first-order chi connectivity index (χ1) is 12.2. The molecule has 0 aromatic carbocycles. The predicted octanol–water partition coefficient (Wildman–Crippen LogP) is 2.98. The van der Waals surface area contributed by atoms with Crippen molar-refractivity contribution in [2.75, 3.05) is 11.4 Å². The van der Waals surface area contributed by atoms with Crippen LogP contribution in [-0.2, 0) is 17.5 Å². The lowest BCUT2D eigenvalue weighted by molar-refractivity contribution is 0.0965. The van der Waals surface area contributed by atoms with E-state index in [4.69, 9.17) is 4.98 Å². The van der Waals surface area contributed by atoms with E-state index in [2.05, 4.69) is 21.5 Å². The summed E-state index contributed by atoms with van der Waals surface area (Å²) >= 11 is 0. The molecule has 3 heterocycles. The van der Waals surface area contributed by atoms with Gasteiger partial charge in [0, 0.05) is 24.7 Å². The molecule has 26 heavy (non-hydrogen) atoms. The van der Waals surface area contributed by atoms with E-state index >= 15 is 0 Å². The molecule has 7 heteroatoms. The fraction of sp³-hybridized carbons (Fsp3) is 0.632. The second-order valence-corrected chi connectivity index (χ2v) is 9.88. The molecule has 0 spiro atoms. The molecule has 0 radical (unpaired) electrons. The monoisotopic (exact) mass is 376 g/mol. The maximum absolute atomic E-state index is 12.6. The van der Waals surface area contributed by atoms with Gasteiger partial charge in [0.1, 0.15) is 16.8 Å². The van der Waals surface area contributed by atoms with Gasteiger partial charge in [-0.2, -0.15) is 4.40 Å². The maximum Gasteiger partial charge on any atom is 0.252 e. The molecular weight excluding hydrogens is 348 g/mol. The van der Waals surface area contributed by atoms with Crippen LogP contribution in [0.15, 0.2) is 10.5 Å². The third-order valence-corrected chi connectivity index (χ3v) is 6.39. The molecule has 0 saturated carbocycles. The van der Waals surface area contributed by atoms with Crippen LogP contribution in [0.3, 0.4) is 0 Å². The van der Waals surface area contributed by atoms with Gasteiger partial charge >= 0.3 is 0 Å². The summed E-state index contributed by atoms with van der Waals surface area (Å²) in [5.74, 6) is 0.757. The molecule has 1 amide bonds. The number of fused-ring (bicyclic) bond motifs is 1. The summed E-state index contributed by atoms with van der Waals surface area (Å²) < 4.78 is 16.6. The molecule has 1 aromatic heterocycles. The summed E-state index contributed by atoms with van der Waals surface area (Å²) in [6.45, 7) is 11.3. The summed E-state index contributed by atoms with van der Waals surface area (Å²) in [4.78, 5) is 19.4. The number of nitrogens with zero attached hydrogens (tertiary/aromatic N) is 3. The van der Waals surface area contributed by atoms with Crippen LogP contribution in [0.4, 0.5) is 5.82 Å². The van der Waals surface area contributed by atoms with Gasteiger partial charge in [-0.15, -0.1) is 0 Å². The van der Waals surface area contributed by atoms with Crippen molar-refractivity contribution in [2.45, 2.75) is 71.2 Å². The van der Waals surface area contributed by atoms with Crippen molar-refractivity contribution < 1.29 is 9.00 Å². The topological polar surface area (TPSA) is 74.7 Å². The van der Waals surface area contributed by atoms with E-state index in [-0.39, 0.29) is 5.91 Å². The van der Waals surface area contributed by atoms with Crippen LogP contribution in [0.1, 0.15) is 75.5 Å². The van der Waals surface area contributed by atoms with Crippen molar-refractivity contribution in [3.05, 3.63) is 22.9 Å². The minimum atomic E-state index is -1.36. The van der Waals surface area contributed by atoms with Crippen LogP contribution in [0.2, 0.25) is 0 Å². The second-order valence-electron chi connectivity index (χ2n) is 7.98. The maximum atomic E-state index is 12.6. The molecule has 1 saturated heterocycles. The molecule has 0 bridgehead atoms.